The smallest absolute Gasteiger partial charge is 0.163 e. The summed E-state index contributed by atoms with van der Waals surface area (Å²) in [5.41, 5.74) is 0. The maximum absolute atomic E-state index is 6.02. The predicted octanol–water partition coefficient (Wildman–Crippen LogP) is 4.52. The zero-order valence-corrected chi connectivity index (χ0v) is 16.9. The van der Waals surface area contributed by atoms with Gasteiger partial charge in [0.15, 0.2) is 11.6 Å². The van der Waals surface area contributed by atoms with E-state index in [9.17, 15) is 0 Å². The molecule has 4 aliphatic rings. The third kappa shape index (κ3) is 4.26. The monoisotopic (exact) mass is 374 g/mol. The van der Waals surface area contributed by atoms with Crippen LogP contribution in [0, 0.1) is 0 Å². The molecule has 24 heavy (non-hydrogen) atoms. The highest BCUT2D eigenvalue weighted by atomic mass is 33.1. The molecule has 2 saturated carbocycles. The Balaban J connectivity index is 1.24. The molecule has 0 spiro atoms. The molecule has 138 valence electrons. The third-order valence-electron chi connectivity index (χ3n) is 5.34. The molecule has 0 aromatic heterocycles. The van der Waals surface area contributed by atoms with Crippen molar-refractivity contribution in [3.05, 3.63) is 0 Å². The molecule has 2 saturated heterocycles. The van der Waals surface area contributed by atoms with Crippen molar-refractivity contribution in [2.75, 3.05) is 13.2 Å². The van der Waals surface area contributed by atoms with Crippen molar-refractivity contribution in [1.29, 1.82) is 0 Å². The summed E-state index contributed by atoms with van der Waals surface area (Å²) in [7, 11) is 4.23. The molecule has 2 heterocycles. The van der Waals surface area contributed by atoms with Gasteiger partial charge >= 0.3 is 0 Å². The number of hydrogen-bond acceptors (Lipinski definition) is 6. The molecule has 4 rings (SSSR count). The summed E-state index contributed by atoms with van der Waals surface area (Å²) in [5.74, 6) is -0.800. The molecular formula is C18H30O4S2. The Morgan fingerprint density at radius 1 is 0.708 bits per heavy atom. The van der Waals surface area contributed by atoms with E-state index < -0.39 is 11.6 Å². The highest BCUT2D eigenvalue weighted by Gasteiger charge is 2.53. The van der Waals surface area contributed by atoms with Gasteiger partial charge < -0.3 is 18.9 Å². The van der Waals surface area contributed by atoms with Crippen LogP contribution in [-0.2, 0) is 18.9 Å². The lowest BCUT2D eigenvalue weighted by Gasteiger charge is -2.24. The molecule has 0 bridgehead atoms. The summed E-state index contributed by atoms with van der Waals surface area (Å²) in [6.45, 7) is 9.54. The lowest BCUT2D eigenvalue weighted by molar-refractivity contribution is -0.139. The molecule has 2 atom stereocenters. The molecule has 0 radical (unpaired) electrons. The minimum Gasteiger partial charge on any atom is -0.348 e. The molecule has 0 aromatic rings. The van der Waals surface area contributed by atoms with Gasteiger partial charge in [-0.05, 0) is 66.2 Å². The molecule has 2 aliphatic heterocycles. The molecule has 0 N–H and O–H groups in total. The second-order valence-corrected chi connectivity index (χ2v) is 11.9. The molecule has 4 fully saturated rings. The van der Waals surface area contributed by atoms with Gasteiger partial charge in [0.1, 0.15) is 0 Å². The van der Waals surface area contributed by atoms with Crippen LogP contribution in [-0.4, -0.2) is 46.5 Å². The van der Waals surface area contributed by atoms with E-state index in [0.717, 1.165) is 26.1 Å². The quantitative estimate of drug-likeness (QED) is 0.610. The van der Waals surface area contributed by atoms with E-state index in [4.69, 9.17) is 18.9 Å². The highest BCUT2D eigenvalue weighted by molar-refractivity contribution is 8.77. The first-order valence-corrected chi connectivity index (χ1v) is 11.3. The SMILES string of the molecule is CC1(C)OC[C@H](CC2(SSC3(C[C@H]4COC(C)(C)O4)CC3)CC2)O1. The Bertz CT molecular complexity index is 441. The van der Waals surface area contributed by atoms with E-state index in [1.165, 1.54) is 25.7 Å². The average Bonchev–Trinajstić information content (AvgIpc) is 3.35. The minimum absolute atomic E-state index is 0.262. The average molecular weight is 375 g/mol. The molecule has 4 nitrogen and oxygen atoms in total. The lowest BCUT2D eigenvalue weighted by Crippen LogP contribution is -2.25. The van der Waals surface area contributed by atoms with Crippen LogP contribution < -0.4 is 0 Å². The van der Waals surface area contributed by atoms with Crippen molar-refractivity contribution in [3.8, 4) is 0 Å². The van der Waals surface area contributed by atoms with Crippen molar-refractivity contribution < 1.29 is 18.9 Å². The van der Waals surface area contributed by atoms with Gasteiger partial charge in [-0.1, -0.05) is 21.6 Å². The van der Waals surface area contributed by atoms with Gasteiger partial charge in [-0.3, -0.25) is 0 Å². The lowest BCUT2D eigenvalue weighted by atomic mass is 10.2. The summed E-state index contributed by atoms with van der Waals surface area (Å²) in [6, 6.07) is 0. The molecule has 0 aromatic carbocycles. The zero-order chi connectivity index (χ0) is 17.1. The fourth-order valence-electron chi connectivity index (χ4n) is 3.66. The van der Waals surface area contributed by atoms with E-state index in [0.29, 0.717) is 9.49 Å². The summed E-state index contributed by atoms with van der Waals surface area (Å²) < 4.78 is 24.3. The van der Waals surface area contributed by atoms with Gasteiger partial charge in [0, 0.05) is 9.49 Å². The van der Waals surface area contributed by atoms with Crippen molar-refractivity contribution in [2.45, 2.75) is 99.5 Å². The van der Waals surface area contributed by atoms with E-state index >= 15 is 0 Å². The standard InChI is InChI=1S/C18H30O4S2/c1-15(2)19-11-13(21-15)9-17(5-6-17)23-24-18(7-8-18)10-14-12-20-16(3,4)22-14/h13-14H,5-12H2,1-4H3/t13-,14-/m0/s1. The van der Waals surface area contributed by atoms with Gasteiger partial charge in [-0.2, -0.15) is 0 Å². The summed E-state index contributed by atoms with van der Waals surface area (Å²) in [5, 5.41) is 0. The third-order valence-corrected chi connectivity index (χ3v) is 9.66. The topological polar surface area (TPSA) is 36.9 Å². The molecule has 0 unspecified atom stereocenters. The first-order chi connectivity index (χ1) is 11.2. The second kappa shape index (κ2) is 6.03. The van der Waals surface area contributed by atoms with Gasteiger partial charge in [0.2, 0.25) is 0 Å². The normalized spacial score (nSPS) is 37.5. The van der Waals surface area contributed by atoms with Crippen LogP contribution in [0.1, 0.15) is 66.2 Å². The van der Waals surface area contributed by atoms with Crippen molar-refractivity contribution >= 4 is 21.6 Å². The number of rotatable bonds is 7. The van der Waals surface area contributed by atoms with Crippen molar-refractivity contribution in [1.82, 2.24) is 0 Å². The maximum atomic E-state index is 6.02. The maximum Gasteiger partial charge on any atom is 0.163 e. The Morgan fingerprint density at radius 2 is 1.08 bits per heavy atom. The van der Waals surface area contributed by atoms with Gasteiger partial charge in [-0.15, -0.1) is 0 Å². The number of ether oxygens (including phenoxy) is 4. The zero-order valence-electron chi connectivity index (χ0n) is 15.3. The van der Waals surface area contributed by atoms with Gasteiger partial charge in [0.05, 0.1) is 25.4 Å². The predicted molar refractivity (Wildman–Crippen MR) is 98.2 cm³/mol. The first kappa shape index (κ1) is 17.9. The van der Waals surface area contributed by atoms with Crippen LogP contribution in [0.2, 0.25) is 0 Å². The summed E-state index contributed by atoms with van der Waals surface area (Å²) in [4.78, 5) is 0. The van der Waals surface area contributed by atoms with Crippen LogP contribution in [0.5, 0.6) is 0 Å². The van der Waals surface area contributed by atoms with E-state index in [1.807, 2.05) is 27.7 Å². The van der Waals surface area contributed by atoms with Crippen LogP contribution in [0.4, 0.5) is 0 Å². The van der Waals surface area contributed by atoms with Crippen molar-refractivity contribution in [3.63, 3.8) is 0 Å². The minimum atomic E-state index is -0.400. The largest absolute Gasteiger partial charge is 0.348 e. The Hall–Kier alpha value is 0.540. The first-order valence-electron chi connectivity index (χ1n) is 9.19. The summed E-state index contributed by atoms with van der Waals surface area (Å²) >= 11 is 0. The molecular weight excluding hydrogens is 344 g/mol. The Labute approximate surface area is 153 Å². The van der Waals surface area contributed by atoms with Crippen molar-refractivity contribution in [2.24, 2.45) is 0 Å². The fourth-order valence-corrected chi connectivity index (χ4v) is 7.52. The molecule has 2 aliphatic carbocycles. The van der Waals surface area contributed by atoms with Crippen LogP contribution in [0.15, 0.2) is 0 Å². The summed E-state index contributed by atoms with van der Waals surface area (Å²) in [6.07, 6.45) is 8.04. The molecule has 0 amide bonds. The van der Waals surface area contributed by atoms with E-state index in [1.54, 1.807) is 0 Å². The Morgan fingerprint density at radius 3 is 1.33 bits per heavy atom. The van der Waals surface area contributed by atoms with E-state index in [2.05, 4.69) is 21.6 Å². The van der Waals surface area contributed by atoms with Crippen LogP contribution in [0.3, 0.4) is 0 Å². The van der Waals surface area contributed by atoms with Gasteiger partial charge in [-0.25, -0.2) is 0 Å². The fraction of sp³-hybridized carbons (Fsp3) is 1.00. The second-order valence-electron chi connectivity index (χ2n) is 8.84. The number of hydrogen-bond donors (Lipinski definition) is 0. The van der Waals surface area contributed by atoms with Gasteiger partial charge in [0.25, 0.3) is 0 Å². The van der Waals surface area contributed by atoms with Crippen LogP contribution >= 0.6 is 21.6 Å². The van der Waals surface area contributed by atoms with E-state index in [-0.39, 0.29) is 12.2 Å². The Kier molecular flexibility index (Phi) is 4.50. The highest BCUT2D eigenvalue weighted by Crippen LogP contribution is 2.65. The van der Waals surface area contributed by atoms with Crippen LogP contribution in [0.25, 0.3) is 0 Å². The molecule has 6 heteroatoms.